The second kappa shape index (κ2) is 11.9. The summed E-state index contributed by atoms with van der Waals surface area (Å²) in [5.74, 6) is -0.319. The first-order valence-electron chi connectivity index (χ1n) is 13.6. The van der Waals surface area contributed by atoms with Crippen LogP contribution in [0.1, 0.15) is 36.6 Å². The molecule has 0 bridgehead atoms. The third kappa shape index (κ3) is 5.30. The van der Waals surface area contributed by atoms with Gasteiger partial charge in [-0.1, -0.05) is 61.2 Å². The number of benzene rings is 3. The SMILES string of the molecule is C=CCOc1ccc(-c2nn(-c3ccccc3)cc2/C=C2/C(=O)N(C(C)c3ccccc3)C(=O)C(C#N)=C2C)cc1C. The number of imide groups is 1. The van der Waals surface area contributed by atoms with Gasteiger partial charge in [0.1, 0.15) is 24.0 Å². The van der Waals surface area contributed by atoms with Gasteiger partial charge in [-0.15, -0.1) is 0 Å². The summed E-state index contributed by atoms with van der Waals surface area (Å²) in [6.45, 7) is 9.49. The van der Waals surface area contributed by atoms with Crippen LogP contribution < -0.4 is 4.74 Å². The first kappa shape index (κ1) is 28.1. The lowest BCUT2D eigenvalue weighted by Crippen LogP contribution is -2.44. The van der Waals surface area contributed by atoms with Crippen LogP contribution in [0, 0.1) is 18.3 Å². The Morgan fingerprint density at radius 1 is 1.00 bits per heavy atom. The Labute approximate surface area is 245 Å². The van der Waals surface area contributed by atoms with Crippen molar-refractivity contribution in [3.8, 4) is 28.8 Å². The van der Waals surface area contributed by atoms with E-state index in [1.807, 2.05) is 98.1 Å². The maximum atomic E-state index is 14.0. The zero-order chi connectivity index (χ0) is 29.8. The van der Waals surface area contributed by atoms with E-state index in [2.05, 4.69) is 6.58 Å². The Hall–Kier alpha value is -5.48. The van der Waals surface area contributed by atoms with Crippen molar-refractivity contribution in [3.05, 3.63) is 131 Å². The van der Waals surface area contributed by atoms with Crippen LogP contribution >= 0.6 is 0 Å². The molecule has 5 rings (SSSR count). The van der Waals surface area contributed by atoms with E-state index >= 15 is 0 Å². The van der Waals surface area contributed by atoms with Crippen LogP contribution in [0.25, 0.3) is 23.0 Å². The van der Waals surface area contributed by atoms with Gasteiger partial charge >= 0.3 is 0 Å². The van der Waals surface area contributed by atoms with E-state index in [0.29, 0.717) is 23.4 Å². The van der Waals surface area contributed by atoms with E-state index in [-0.39, 0.29) is 11.1 Å². The van der Waals surface area contributed by atoms with Gasteiger partial charge in [0.25, 0.3) is 11.8 Å². The molecule has 1 aromatic heterocycles. The highest BCUT2D eigenvalue weighted by molar-refractivity contribution is 6.20. The van der Waals surface area contributed by atoms with E-state index in [9.17, 15) is 14.9 Å². The molecule has 0 spiro atoms. The second-order valence-electron chi connectivity index (χ2n) is 10.0. The summed E-state index contributed by atoms with van der Waals surface area (Å²) in [5.41, 5.74) is 5.26. The van der Waals surface area contributed by atoms with E-state index in [4.69, 9.17) is 9.84 Å². The lowest BCUT2D eigenvalue weighted by Gasteiger charge is -2.32. The largest absolute Gasteiger partial charge is 0.489 e. The third-order valence-corrected chi connectivity index (χ3v) is 7.31. The average Bonchev–Trinajstić information content (AvgIpc) is 3.43. The fourth-order valence-corrected chi connectivity index (χ4v) is 5.03. The minimum absolute atomic E-state index is 0.0554. The van der Waals surface area contributed by atoms with Crippen molar-refractivity contribution in [3.63, 3.8) is 0 Å². The number of nitriles is 1. The summed E-state index contributed by atoms with van der Waals surface area (Å²) in [5, 5.41) is 14.8. The number of nitrogens with zero attached hydrogens (tertiary/aromatic N) is 4. The Morgan fingerprint density at radius 2 is 1.69 bits per heavy atom. The van der Waals surface area contributed by atoms with Crippen LogP contribution in [-0.2, 0) is 9.59 Å². The van der Waals surface area contributed by atoms with Crippen molar-refractivity contribution >= 4 is 17.9 Å². The molecule has 0 fully saturated rings. The number of carbonyl (C=O) groups is 2. The molecule has 1 unspecified atom stereocenters. The number of hydrogen-bond acceptors (Lipinski definition) is 5. The first-order valence-corrected chi connectivity index (χ1v) is 13.6. The number of para-hydroxylation sites is 1. The minimum atomic E-state index is -0.598. The van der Waals surface area contributed by atoms with Crippen molar-refractivity contribution in [2.45, 2.75) is 26.8 Å². The number of amides is 2. The highest BCUT2D eigenvalue weighted by Crippen LogP contribution is 2.35. The lowest BCUT2D eigenvalue weighted by atomic mass is 9.91. The molecule has 1 aliphatic rings. The van der Waals surface area contributed by atoms with E-state index < -0.39 is 17.9 Å². The monoisotopic (exact) mass is 554 g/mol. The molecule has 1 atom stereocenters. The summed E-state index contributed by atoms with van der Waals surface area (Å²) in [6.07, 6.45) is 5.27. The van der Waals surface area contributed by atoms with E-state index in [1.54, 1.807) is 30.7 Å². The summed E-state index contributed by atoms with van der Waals surface area (Å²) < 4.78 is 7.52. The molecule has 208 valence electrons. The molecule has 7 heteroatoms. The summed E-state index contributed by atoms with van der Waals surface area (Å²) in [6, 6.07) is 26.2. The second-order valence-corrected chi connectivity index (χ2v) is 10.0. The van der Waals surface area contributed by atoms with Gasteiger partial charge in [0, 0.05) is 22.9 Å². The minimum Gasteiger partial charge on any atom is -0.489 e. The Bertz CT molecular complexity index is 1780. The summed E-state index contributed by atoms with van der Waals surface area (Å²) in [4.78, 5) is 28.5. The number of aromatic nitrogens is 2. The fraction of sp³-hybridized carbons (Fsp3) is 0.143. The van der Waals surface area contributed by atoms with Crippen molar-refractivity contribution in [2.24, 2.45) is 0 Å². The summed E-state index contributed by atoms with van der Waals surface area (Å²) in [7, 11) is 0. The molecule has 0 aliphatic carbocycles. The molecule has 0 saturated heterocycles. The van der Waals surface area contributed by atoms with Crippen molar-refractivity contribution < 1.29 is 14.3 Å². The standard InChI is InChI=1S/C35H30N4O3/c1-5-18-42-32-17-16-27(19-23(32)2)33-28(22-38(37-33)29-14-10-7-11-15-29)20-30-24(3)31(21-36)35(41)39(34(30)40)25(4)26-12-8-6-9-13-26/h5-17,19-20,22,25H,1,18H2,2-4H3/b30-20+. The van der Waals surface area contributed by atoms with Crippen LogP contribution in [0.15, 0.2) is 114 Å². The highest BCUT2D eigenvalue weighted by atomic mass is 16.5. The molecule has 4 aromatic rings. The molecule has 3 aromatic carbocycles. The third-order valence-electron chi connectivity index (χ3n) is 7.31. The van der Waals surface area contributed by atoms with Crippen LogP contribution in [0.4, 0.5) is 0 Å². The normalized spacial score (nSPS) is 15.1. The molecule has 7 nitrogen and oxygen atoms in total. The number of carbonyl (C=O) groups excluding carboxylic acids is 2. The molecule has 1 aliphatic heterocycles. The van der Waals surface area contributed by atoms with E-state index in [1.165, 1.54) is 4.90 Å². The van der Waals surface area contributed by atoms with Crippen LogP contribution in [0.3, 0.4) is 0 Å². The van der Waals surface area contributed by atoms with Gasteiger partial charge in [-0.05, 0) is 73.9 Å². The molecule has 0 saturated carbocycles. The lowest BCUT2D eigenvalue weighted by molar-refractivity contribution is -0.143. The molecular formula is C35H30N4O3. The van der Waals surface area contributed by atoms with Gasteiger partial charge < -0.3 is 4.74 Å². The van der Waals surface area contributed by atoms with Gasteiger partial charge in [0.2, 0.25) is 0 Å². The molecule has 2 heterocycles. The molecule has 0 N–H and O–H groups in total. The Kier molecular flexibility index (Phi) is 7.98. The van der Waals surface area contributed by atoms with Gasteiger partial charge in [0.15, 0.2) is 0 Å². The van der Waals surface area contributed by atoms with E-state index in [0.717, 1.165) is 28.1 Å². The zero-order valence-corrected chi connectivity index (χ0v) is 23.7. The van der Waals surface area contributed by atoms with Gasteiger partial charge in [-0.2, -0.15) is 10.4 Å². The zero-order valence-electron chi connectivity index (χ0n) is 23.7. The van der Waals surface area contributed by atoms with Gasteiger partial charge in [-0.3, -0.25) is 14.5 Å². The molecule has 2 amide bonds. The van der Waals surface area contributed by atoms with Crippen molar-refractivity contribution in [2.75, 3.05) is 6.61 Å². The fourth-order valence-electron chi connectivity index (χ4n) is 5.03. The van der Waals surface area contributed by atoms with Crippen molar-refractivity contribution in [1.82, 2.24) is 14.7 Å². The predicted octanol–water partition coefficient (Wildman–Crippen LogP) is 6.77. The average molecular weight is 555 g/mol. The Morgan fingerprint density at radius 3 is 2.33 bits per heavy atom. The predicted molar refractivity (Wildman–Crippen MR) is 162 cm³/mol. The van der Waals surface area contributed by atoms with Crippen LogP contribution in [-0.4, -0.2) is 33.1 Å². The van der Waals surface area contributed by atoms with Gasteiger partial charge in [-0.25, -0.2) is 4.68 Å². The maximum absolute atomic E-state index is 14.0. The van der Waals surface area contributed by atoms with Gasteiger partial charge in [0.05, 0.1) is 17.4 Å². The van der Waals surface area contributed by atoms with Crippen LogP contribution in [0.2, 0.25) is 0 Å². The topological polar surface area (TPSA) is 88.2 Å². The molecule has 42 heavy (non-hydrogen) atoms. The van der Waals surface area contributed by atoms with Crippen molar-refractivity contribution in [1.29, 1.82) is 5.26 Å². The smallest absolute Gasteiger partial charge is 0.272 e. The van der Waals surface area contributed by atoms with Crippen LogP contribution in [0.5, 0.6) is 5.75 Å². The number of rotatable bonds is 8. The quantitative estimate of drug-likeness (QED) is 0.136. The molecular weight excluding hydrogens is 524 g/mol. The maximum Gasteiger partial charge on any atom is 0.272 e. The number of ether oxygens (including phenoxy) is 1. The first-order chi connectivity index (χ1) is 20.3. The summed E-state index contributed by atoms with van der Waals surface area (Å²) >= 11 is 0. The number of aryl methyl sites for hydroxylation is 1. The highest BCUT2D eigenvalue weighted by Gasteiger charge is 2.39. The molecule has 0 radical (unpaired) electrons. The Balaban J connectivity index is 1.66. The number of hydrogen-bond donors (Lipinski definition) is 0.